The fraction of sp³-hybridized carbons (Fsp3) is 0.120. The Labute approximate surface area is 187 Å². The Balaban J connectivity index is 1.42. The molecule has 2 aromatic heterocycles. The summed E-state index contributed by atoms with van der Waals surface area (Å²) in [5, 5.41) is 9.11. The maximum Gasteiger partial charge on any atom is 0.323 e. The van der Waals surface area contributed by atoms with E-state index < -0.39 is 0 Å². The molecule has 3 N–H and O–H groups in total. The fourth-order valence-electron chi connectivity index (χ4n) is 3.30. The fourth-order valence-corrected chi connectivity index (χ4v) is 3.30. The van der Waals surface area contributed by atoms with Crippen molar-refractivity contribution >= 4 is 23.2 Å². The first kappa shape index (κ1) is 21.0. The van der Waals surface area contributed by atoms with E-state index in [0.717, 1.165) is 28.1 Å². The molecule has 7 heteroatoms. The van der Waals surface area contributed by atoms with Crippen molar-refractivity contribution < 1.29 is 4.79 Å². The molecular weight excluding hydrogens is 400 g/mol. The minimum Gasteiger partial charge on any atom is -0.362 e. The van der Waals surface area contributed by atoms with Crippen LogP contribution in [0.2, 0.25) is 0 Å². The number of benzene rings is 2. The van der Waals surface area contributed by atoms with Crippen molar-refractivity contribution in [3.05, 3.63) is 96.6 Å². The highest BCUT2D eigenvalue weighted by molar-refractivity contribution is 5.99. The van der Waals surface area contributed by atoms with Gasteiger partial charge in [0.25, 0.3) is 0 Å². The second-order valence-corrected chi connectivity index (χ2v) is 7.47. The molecule has 160 valence electrons. The number of hydrogen-bond donors (Lipinski definition) is 3. The molecule has 32 heavy (non-hydrogen) atoms. The van der Waals surface area contributed by atoms with Crippen LogP contribution in [0.3, 0.4) is 0 Å². The summed E-state index contributed by atoms with van der Waals surface area (Å²) < 4.78 is 0. The maximum atomic E-state index is 12.4. The number of carbonyl (C=O) groups excluding carboxylic acids is 1. The summed E-state index contributed by atoms with van der Waals surface area (Å²) in [6.07, 6.45) is 6.88. The number of anilines is 3. The van der Waals surface area contributed by atoms with E-state index >= 15 is 0 Å². The number of amides is 2. The van der Waals surface area contributed by atoms with Crippen LogP contribution in [0, 0.1) is 6.92 Å². The van der Waals surface area contributed by atoms with E-state index in [1.807, 2.05) is 74.5 Å². The zero-order chi connectivity index (χ0) is 22.3. The third-order valence-electron chi connectivity index (χ3n) is 4.88. The van der Waals surface area contributed by atoms with Gasteiger partial charge in [-0.05, 0) is 61.4 Å². The number of aromatic nitrogens is 3. The Morgan fingerprint density at radius 3 is 2.41 bits per heavy atom. The van der Waals surface area contributed by atoms with Crippen molar-refractivity contribution in [2.75, 3.05) is 16.0 Å². The van der Waals surface area contributed by atoms with E-state index in [0.29, 0.717) is 11.5 Å². The molecule has 0 fully saturated rings. The molecule has 2 amide bonds. The Bertz CT molecular complexity index is 1210. The number of nitrogens with one attached hydrogen (secondary N) is 3. The predicted molar refractivity (Wildman–Crippen MR) is 128 cm³/mol. The molecule has 1 atom stereocenters. The summed E-state index contributed by atoms with van der Waals surface area (Å²) in [7, 11) is 0. The van der Waals surface area contributed by atoms with E-state index in [4.69, 9.17) is 0 Å². The van der Waals surface area contributed by atoms with Crippen molar-refractivity contribution in [2.24, 2.45) is 0 Å². The summed E-state index contributed by atoms with van der Waals surface area (Å²) in [4.78, 5) is 25.4. The standard InChI is InChI=1S/C25H24N6O/c1-17-6-3-9-21(12-17)29-25(32)30-22-10-4-7-19(13-22)18(2)28-24-16-27-15-23(31-24)20-8-5-11-26-14-20/h3-16,18H,1-2H3,(H,28,31)(H2,29,30,32)/t18-/m0/s1. The molecule has 0 spiro atoms. The van der Waals surface area contributed by atoms with Gasteiger partial charge in [-0.15, -0.1) is 0 Å². The summed E-state index contributed by atoms with van der Waals surface area (Å²) >= 11 is 0. The van der Waals surface area contributed by atoms with Gasteiger partial charge in [-0.3, -0.25) is 9.97 Å². The highest BCUT2D eigenvalue weighted by Gasteiger charge is 2.10. The van der Waals surface area contributed by atoms with Gasteiger partial charge in [0.05, 0.1) is 24.1 Å². The Morgan fingerprint density at radius 1 is 0.875 bits per heavy atom. The first-order chi connectivity index (χ1) is 15.6. The number of nitrogens with zero attached hydrogens (tertiary/aromatic N) is 3. The highest BCUT2D eigenvalue weighted by atomic mass is 16.2. The van der Waals surface area contributed by atoms with Crippen molar-refractivity contribution in [1.82, 2.24) is 15.0 Å². The molecule has 0 aliphatic rings. The normalized spacial score (nSPS) is 11.4. The highest BCUT2D eigenvalue weighted by Crippen LogP contribution is 2.23. The van der Waals surface area contributed by atoms with Gasteiger partial charge in [0.15, 0.2) is 0 Å². The summed E-state index contributed by atoms with van der Waals surface area (Å²) in [5.41, 5.74) is 5.20. The third-order valence-corrected chi connectivity index (χ3v) is 4.88. The molecule has 7 nitrogen and oxygen atoms in total. The minimum absolute atomic E-state index is 0.0463. The Kier molecular flexibility index (Phi) is 6.36. The second-order valence-electron chi connectivity index (χ2n) is 7.47. The first-order valence-corrected chi connectivity index (χ1v) is 10.3. The number of pyridine rings is 1. The van der Waals surface area contributed by atoms with Gasteiger partial charge in [0.1, 0.15) is 5.82 Å². The van der Waals surface area contributed by atoms with Gasteiger partial charge >= 0.3 is 6.03 Å². The van der Waals surface area contributed by atoms with Gasteiger partial charge in [0, 0.05) is 29.3 Å². The lowest BCUT2D eigenvalue weighted by Crippen LogP contribution is -2.19. The van der Waals surface area contributed by atoms with Gasteiger partial charge in [-0.2, -0.15) is 0 Å². The SMILES string of the molecule is Cc1cccc(NC(=O)Nc2cccc([C@H](C)Nc3cncc(-c4cccnc4)n3)c2)c1. The van der Waals surface area contributed by atoms with Crippen molar-refractivity contribution in [1.29, 1.82) is 0 Å². The number of hydrogen-bond acceptors (Lipinski definition) is 5. The molecule has 0 unspecified atom stereocenters. The maximum absolute atomic E-state index is 12.4. The molecule has 0 saturated carbocycles. The van der Waals surface area contributed by atoms with Crippen LogP contribution >= 0.6 is 0 Å². The van der Waals surface area contributed by atoms with E-state index in [1.54, 1.807) is 24.8 Å². The average molecular weight is 425 g/mol. The molecular formula is C25H24N6O. The Hall–Kier alpha value is -4.26. The number of urea groups is 1. The molecule has 0 aliphatic carbocycles. The summed E-state index contributed by atoms with van der Waals surface area (Å²) in [6, 6.07) is 18.8. The van der Waals surface area contributed by atoms with Crippen LogP contribution in [-0.4, -0.2) is 21.0 Å². The van der Waals surface area contributed by atoms with E-state index in [1.165, 1.54) is 0 Å². The van der Waals surface area contributed by atoms with Crippen LogP contribution in [0.15, 0.2) is 85.5 Å². The van der Waals surface area contributed by atoms with Crippen LogP contribution < -0.4 is 16.0 Å². The van der Waals surface area contributed by atoms with Crippen LogP contribution in [0.5, 0.6) is 0 Å². The number of rotatable bonds is 6. The zero-order valence-electron chi connectivity index (χ0n) is 17.9. The van der Waals surface area contributed by atoms with Crippen molar-refractivity contribution in [3.8, 4) is 11.3 Å². The monoisotopic (exact) mass is 424 g/mol. The Morgan fingerprint density at radius 2 is 1.66 bits per heavy atom. The first-order valence-electron chi connectivity index (χ1n) is 10.3. The molecule has 2 aromatic carbocycles. The lowest BCUT2D eigenvalue weighted by Gasteiger charge is -2.16. The average Bonchev–Trinajstić information content (AvgIpc) is 2.80. The molecule has 4 aromatic rings. The van der Waals surface area contributed by atoms with Crippen LogP contribution in [0.25, 0.3) is 11.3 Å². The number of aryl methyl sites for hydroxylation is 1. The van der Waals surface area contributed by atoms with E-state index in [2.05, 4.69) is 30.9 Å². The van der Waals surface area contributed by atoms with E-state index in [9.17, 15) is 4.79 Å². The smallest absolute Gasteiger partial charge is 0.323 e. The quantitative estimate of drug-likeness (QED) is 0.371. The molecule has 0 saturated heterocycles. The summed E-state index contributed by atoms with van der Waals surface area (Å²) in [6.45, 7) is 4.02. The van der Waals surface area contributed by atoms with Crippen molar-refractivity contribution in [2.45, 2.75) is 19.9 Å². The third kappa shape index (κ3) is 5.46. The van der Waals surface area contributed by atoms with Gasteiger partial charge in [-0.1, -0.05) is 24.3 Å². The minimum atomic E-state index is -0.289. The largest absolute Gasteiger partial charge is 0.362 e. The van der Waals surface area contributed by atoms with Gasteiger partial charge in [-0.25, -0.2) is 9.78 Å². The molecule has 2 heterocycles. The lowest BCUT2D eigenvalue weighted by atomic mass is 10.1. The lowest BCUT2D eigenvalue weighted by molar-refractivity contribution is 0.262. The van der Waals surface area contributed by atoms with Crippen LogP contribution in [0.1, 0.15) is 24.1 Å². The van der Waals surface area contributed by atoms with Crippen molar-refractivity contribution in [3.63, 3.8) is 0 Å². The summed E-state index contributed by atoms with van der Waals surface area (Å²) in [5.74, 6) is 0.661. The van der Waals surface area contributed by atoms with Gasteiger partial charge in [0.2, 0.25) is 0 Å². The zero-order valence-corrected chi connectivity index (χ0v) is 17.9. The topological polar surface area (TPSA) is 91.8 Å². The predicted octanol–water partition coefficient (Wildman–Crippen LogP) is 5.66. The van der Waals surface area contributed by atoms with E-state index in [-0.39, 0.29) is 12.1 Å². The van der Waals surface area contributed by atoms with Gasteiger partial charge < -0.3 is 16.0 Å². The molecule has 0 bridgehead atoms. The number of carbonyl (C=O) groups is 1. The second kappa shape index (κ2) is 9.70. The van der Waals surface area contributed by atoms with Crippen LogP contribution in [0.4, 0.5) is 22.0 Å². The molecule has 0 radical (unpaired) electrons. The van der Waals surface area contributed by atoms with Crippen LogP contribution in [-0.2, 0) is 0 Å². The molecule has 0 aliphatic heterocycles. The molecule has 4 rings (SSSR count).